The third kappa shape index (κ3) is 4.94. The Labute approximate surface area is 109 Å². The Kier molecular flexibility index (Phi) is 6.54. The van der Waals surface area contributed by atoms with Gasteiger partial charge in [-0.2, -0.15) is 0 Å². The van der Waals surface area contributed by atoms with Crippen LogP contribution in [0.15, 0.2) is 18.2 Å². The first kappa shape index (κ1) is 14.8. The topological polar surface area (TPSA) is 50.7 Å². The van der Waals surface area contributed by atoms with E-state index >= 15 is 0 Å². The molecule has 4 heteroatoms. The van der Waals surface area contributed by atoms with Crippen molar-refractivity contribution in [3.05, 3.63) is 23.8 Å². The van der Waals surface area contributed by atoms with Crippen LogP contribution in [0, 0.1) is 0 Å². The van der Waals surface area contributed by atoms with Crippen molar-refractivity contribution in [1.82, 2.24) is 5.32 Å². The summed E-state index contributed by atoms with van der Waals surface area (Å²) in [4.78, 5) is 0. The van der Waals surface area contributed by atoms with Gasteiger partial charge in [-0.3, -0.25) is 0 Å². The average molecular weight is 253 g/mol. The smallest absolute Gasteiger partial charge is 0.161 e. The highest BCUT2D eigenvalue weighted by molar-refractivity contribution is 5.43. The standard InChI is InChI=1S/C14H23NO3/c1-4-17-14-9-12(10-15-3)5-6-13(14)18-8-7-11(2)16/h5-6,9,11,15-16H,4,7-8,10H2,1-3H3. The fourth-order valence-electron chi connectivity index (χ4n) is 1.59. The molecular weight excluding hydrogens is 230 g/mol. The molecule has 0 heterocycles. The van der Waals surface area contributed by atoms with Gasteiger partial charge >= 0.3 is 0 Å². The molecule has 0 saturated carbocycles. The van der Waals surface area contributed by atoms with Crippen molar-refractivity contribution in [3.63, 3.8) is 0 Å². The summed E-state index contributed by atoms with van der Waals surface area (Å²) in [7, 11) is 1.91. The van der Waals surface area contributed by atoms with Crippen LogP contribution < -0.4 is 14.8 Å². The van der Waals surface area contributed by atoms with E-state index in [4.69, 9.17) is 9.47 Å². The number of hydrogen-bond acceptors (Lipinski definition) is 4. The minimum Gasteiger partial charge on any atom is -0.490 e. The summed E-state index contributed by atoms with van der Waals surface area (Å²) in [6.45, 7) is 5.60. The molecular formula is C14H23NO3. The molecule has 0 aromatic heterocycles. The normalized spacial score (nSPS) is 12.2. The van der Waals surface area contributed by atoms with E-state index in [0.717, 1.165) is 23.6 Å². The monoisotopic (exact) mass is 253 g/mol. The molecule has 0 saturated heterocycles. The maximum atomic E-state index is 9.20. The molecule has 4 nitrogen and oxygen atoms in total. The molecule has 0 amide bonds. The van der Waals surface area contributed by atoms with Crippen LogP contribution in [0.3, 0.4) is 0 Å². The van der Waals surface area contributed by atoms with Gasteiger partial charge in [-0.05, 0) is 38.6 Å². The molecule has 0 spiro atoms. The van der Waals surface area contributed by atoms with Crippen molar-refractivity contribution in [2.24, 2.45) is 0 Å². The highest BCUT2D eigenvalue weighted by Gasteiger charge is 2.07. The van der Waals surface area contributed by atoms with E-state index in [2.05, 4.69) is 5.32 Å². The summed E-state index contributed by atoms with van der Waals surface area (Å²) in [5.74, 6) is 1.49. The Morgan fingerprint density at radius 1 is 1.28 bits per heavy atom. The number of benzene rings is 1. The molecule has 0 aliphatic heterocycles. The van der Waals surface area contributed by atoms with Crippen LogP contribution in [0.25, 0.3) is 0 Å². The van der Waals surface area contributed by atoms with Crippen molar-refractivity contribution in [2.45, 2.75) is 32.9 Å². The summed E-state index contributed by atoms with van der Waals surface area (Å²) >= 11 is 0. The first-order valence-corrected chi connectivity index (χ1v) is 6.38. The lowest BCUT2D eigenvalue weighted by Crippen LogP contribution is -2.09. The number of aliphatic hydroxyl groups excluding tert-OH is 1. The number of rotatable bonds is 8. The van der Waals surface area contributed by atoms with Crippen LogP contribution in [0.4, 0.5) is 0 Å². The summed E-state index contributed by atoms with van der Waals surface area (Å²) in [5.41, 5.74) is 1.16. The van der Waals surface area contributed by atoms with Crippen LogP contribution >= 0.6 is 0 Å². The van der Waals surface area contributed by atoms with Gasteiger partial charge in [0.05, 0.1) is 19.3 Å². The van der Waals surface area contributed by atoms with Crippen LogP contribution in [-0.4, -0.2) is 31.5 Å². The molecule has 0 bridgehead atoms. The summed E-state index contributed by atoms with van der Waals surface area (Å²) < 4.78 is 11.2. The summed E-state index contributed by atoms with van der Waals surface area (Å²) in [5, 5.41) is 12.3. The van der Waals surface area contributed by atoms with E-state index in [0.29, 0.717) is 19.6 Å². The maximum absolute atomic E-state index is 9.20. The molecule has 0 radical (unpaired) electrons. The molecule has 0 aliphatic rings. The average Bonchev–Trinajstić information content (AvgIpc) is 2.32. The van der Waals surface area contributed by atoms with Gasteiger partial charge in [0.1, 0.15) is 0 Å². The second kappa shape index (κ2) is 7.95. The third-order valence-electron chi connectivity index (χ3n) is 2.48. The van der Waals surface area contributed by atoms with Gasteiger partial charge in [-0.25, -0.2) is 0 Å². The number of nitrogens with one attached hydrogen (secondary N) is 1. The third-order valence-corrected chi connectivity index (χ3v) is 2.48. The van der Waals surface area contributed by atoms with Crippen molar-refractivity contribution < 1.29 is 14.6 Å². The molecule has 1 aromatic carbocycles. The van der Waals surface area contributed by atoms with Crippen LogP contribution in [0.5, 0.6) is 11.5 Å². The highest BCUT2D eigenvalue weighted by atomic mass is 16.5. The van der Waals surface area contributed by atoms with Gasteiger partial charge in [-0.15, -0.1) is 0 Å². The predicted molar refractivity (Wildman–Crippen MR) is 72.2 cm³/mol. The molecule has 2 N–H and O–H groups in total. The van der Waals surface area contributed by atoms with E-state index < -0.39 is 0 Å². The van der Waals surface area contributed by atoms with Gasteiger partial charge in [0.15, 0.2) is 11.5 Å². The molecule has 18 heavy (non-hydrogen) atoms. The number of aliphatic hydroxyl groups is 1. The van der Waals surface area contributed by atoms with Crippen molar-refractivity contribution in [2.75, 3.05) is 20.3 Å². The van der Waals surface area contributed by atoms with E-state index in [1.807, 2.05) is 32.2 Å². The summed E-state index contributed by atoms with van der Waals surface area (Å²) in [6, 6.07) is 5.91. The van der Waals surface area contributed by atoms with Gasteiger partial charge < -0.3 is 19.9 Å². The second-order valence-electron chi connectivity index (χ2n) is 4.23. The van der Waals surface area contributed by atoms with Crippen molar-refractivity contribution in [3.8, 4) is 11.5 Å². The number of ether oxygens (including phenoxy) is 2. The molecule has 1 rings (SSSR count). The quantitative estimate of drug-likeness (QED) is 0.743. The Hall–Kier alpha value is -1.26. The first-order valence-electron chi connectivity index (χ1n) is 6.38. The largest absolute Gasteiger partial charge is 0.490 e. The number of hydrogen-bond donors (Lipinski definition) is 2. The van der Waals surface area contributed by atoms with Crippen LogP contribution in [-0.2, 0) is 6.54 Å². The predicted octanol–water partition coefficient (Wildman–Crippen LogP) is 1.95. The summed E-state index contributed by atoms with van der Waals surface area (Å²) in [6.07, 6.45) is 0.271. The lowest BCUT2D eigenvalue weighted by molar-refractivity contribution is 0.153. The zero-order valence-electron chi connectivity index (χ0n) is 11.4. The SMILES string of the molecule is CCOc1cc(CNC)ccc1OCCC(C)O. The van der Waals surface area contributed by atoms with Crippen LogP contribution in [0.2, 0.25) is 0 Å². The minimum atomic E-state index is -0.343. The van der Waals surface area contributed by atoms with Gasteiger partial charge in [-0.1, -0.05) is 6.07 Å². The molecule has 1 atom stereocenters. The second-order valence-corrected chi connectivity index (χ2v) is 4.23. The lowest BCUT2D eigenvalue weighted by atomic mass is 10.2. The lowest BCUT2D eigenvalue weighted by Gasteiger charge is -2.14. The van der Waals surface area contributed by atoms with Gasteiger partial charge in [0.2, 0.25) is 0 Å². The Balaban J connectivity index is 2.69. The Morgan fingerprint density at radius 2 is 2.06 bits per heavy atom. The molecule has 1 aromatic rings. The highest BCUT2D eigenvalue weighted by Crippen LogP contribution is 2.28. The molecule has 0 aliphatic carbocycles. The fourth-order valence-corrected chi connectivity index (χ4v) is 1.59. The Bertz CT molecular complexity index is 353. The van der Waals surface area contributed by atoms with E-state index in [1.165, 1.54) is 0 Å². The van der Waals surface area contributed by atoms with Crippen molar-refractivity contribution in [1.29, 1.82) is 0 Å². The minimum absolute atomic E-state index is 0.343. The van der Waals surface area contributed by atoms with Crippen LogP contribution in [0.1, 0.15) is 25.8 Å². The van der Waals surface area contributed by atoms with Crippen molar-refractivity contribution >= 4 is 0 Å². The molecule has 1 unspecified atom stereocenters. The van der Waals surface area contributed by atoms with Gasteiger partial charge in [0.25, 0.3) is 0 Å². The fraction of sp³-hybridized carbons (Fsp3) is 0.571. The maximum Gasteiger partial charge on any atom is 0.161 e. The van der Waals surface area contributed by atoms with E-state index in [1.54, 1.807) is 6.92 Å². The zero-order chi connectivity index (χ0) is 13.4. The zero-order valence-corrected chi connectivity index (χ0v) is 11.4. The van der Waals surface area contributed by atoms with E-state index in [9.17, 15) is 5.11 Å². The molecule has 102 valence electrons. The molecule has 0 fully saturated rings. The van der Waals surface area contributed by atoms with Gasteiger partial charge in [0, 0.05) is 13.0 Å². The first-order chi connectivity index (χ1) is 8.67. The van der Waals surface area contributed by atoms with E-state index in [-0.39, 0.29) is 6.10 Å². The Morgan fingerprint density at radius 3 is 2.67 bits per heavy atom.